The van der Waals surface area contributed by atoms with Crippen LogP contribution in [0.15, 0.2) is 36.4 Å². The Labute approximate surface area is 184 Å². The van der Waals surface area contributed by atoms with Gasteiger partial charge in [-0.25, -0.2) is 4.39 Å². The lowest BCUT2D eigenvalue weighted by Crippen LogP contribution is -2.50. The summed E-state index contributed by atoms with van der Waals surface area (Å²) in [5.41, 5.74) is 0.988. The molecular weight excluding hydrogens is 432 g/mol. The average molecular weight is 454 g/mol. The lowest BCUT2D eigenvalue weighted by Gasteiger charge is -2.35. The maximum absolute atomic E-state index is 13.2. The Morgan fingerprint density at radius 2 is 1.77 bits per heavy atom. The molecular formula is C21H22Cl2FN3O3. The smallest absolute Gasteiger partial charge is 0.255 e. The second-order valence-corrected chi connectivity index (χ2v) is 7.66. The number of benzene rings is 2. The number of nitrogens with zero attached hydrogens (tertiary/aromatic N) is 2. The van der Waals surface area contributed by atoms with Gasteiger partial charge in [0.1, 0.15) is 11.6 Å². The molecule has 2 amide bonds. The van der Waals surface area contributed by atoms with Crippen LogP contribution in [0.1, 0.15) is 16.8 Å². The summed E-state index contributed by atoms with van der Waals surface area (Å²) in [6.07, 6.45) is 0.299. The van der Waals surface area contributed by atoms with Crippen molar-refractivity contribution in [3.63, 3.8) is 0 Å². The first-order chi connectivity index (χ1) is 14.4. The molecule has 1 N–H and O–H groups in total. The molecule has 2 aromatic rings. The van der Waals surface area contributed by atoms with E-state index in [4.69, 9.17) is 27.9 Å². The fourth-order valence-corrected chi connectivity index (χ4v) is 3.69. The first-order valence-electron chi connectivity index (χ1n) is 9.48. The Balaban J connectivity index is 1.48. The van der Waals surface area contributed by atoms with Gasteiger partial charge < -0.3 is 19.9 Å². The standard InChI is InChI=1S/C21H22Cl2FN3O3/c1-30-19-5-2-14(22)12-18(19)25-7-6-20(28)26-8-10-27(11-9-26)21(29)16-4-3-15(24)13-17(16)23/h2-5,12-13,25H,6-11H2,1H3. The summed E-state index contributed by atoms with van der Waals surface area (Å²) in [5.74, 6) is -0.105. The summed E-state index contributed by atoms with van der Waals surface area (Å²) in [7, 11) is 1.57. The molecule has 0 spiro atoms. The zero-order valence-corrected chi connectivity index (χ0v) is 18.0. The molecule has 160 valence electrons. The SMILES string of the molecule is COc1ccc(Cl)cc1NCCC(=O)N1CCN(C(=O)c2ccc(F)cc2Cl)CC1. The van der Waals surface area contributed by atoms with Crippen molar-refractivity contribution in [2.24, 2.45) is 0 Å². The maximum atomic E-state index is 13.2. The van der Waals surface area contributed by atoms with E-state index < -0.39 is 5.82 Å². The van der Waals surface area contributed by atoms with Crippen molar-refractivity contribution in [1.29, 1.82) is 0 Å². The van der Waals surface area contributed by atoms with Gasteiger partial charge in [-0.15, -0.1) is 0 Å². The second kappa shape index (κ2) is 10.00. The number of rotatable bonds is 6. The van der Waals surface area contributed by atoms with E-state index in [1.165, 1.54) is 12.1 Å². The third kappa shape index (κ3) is 5.34. The van der Waals surface area contributed by atoms with Crippen molar-refractivity contribution >= 4 is 40.7 Å². The lowest BCUT2D eigenvalue weighted by atomic mass is 10.1. The van der Waals surface area contributed by atoms with Crippen LogP contribution in [0.3, 0.4) is 0 Å². The van der Waals surface area contributed by atoms with Crippen molar-refractivity contribution in [2.75, 3.05) is 45.2 Å². The van der Waals surface area contributed by atoms with Crippen molar-refractivity contribution in [2.45, 2.75) is 6.42 Å². The Bertz CT molecular complexity index is 934. The van der Waals surface area contributed by atoms with Gasteiger partial charge >= 0.3 is 0 Å². The Morgan fingerprint density at radius 1 is 1.07 bits per heavy atom. The van der Waals surface area contributed by atoms with Gasteiger partial charge in [0, 0.05) is 44.2 Å². The van der Waals surface area contributed by atoms with Gasteiger partial charge in [-0.3, -0.25) is 9.59 Å². The van der Waals surface area contributed by atoms with Crippen LogP contribution in [-0.2, 0) is 4.79 Å². The third-order valence-electron chi connectivity index (χ3n) is 4.90. The Kier molecular flexibility index (Phi) is 7.39. The molecule has 6 nitrogen and oxygen atoms in total. The highest BCUT2D eigenvalue weighted by Gasteiger charge is 2.25. The minimum Gasteiger partial charge on any atom is -0.495 e. The normalized spacial score (nSPS) is 13.9. The predicted octanol–water partition coefficient (Wildman–Crippen LogP) is 3.93. The van der Waals surface area contributed by atoms with E-state index in [0.717, 1.165) is 11.8 Å². The van der Waals surface area contributed by atoms with Crippen molar-refractivity contribution < 1.29 is 18.7 Å². The number of hydrogen-bond donors (Lipinski definition) is 1. The number of amides is 2. The molecule has 1 fully saturated rings. The van der Waals surface area contributed by atoms with Gasteiger partial charge in [-0.1, -0.05) is 23.2 Å². The van der Waals surface area contributed by atoms with Gasteiger partial charge in [0.05, 0.1) is 23.4 Å². The summed E-state index contributed by atoms with van der Waals surface area (Å²) >= 11 is 12.0. The number of hydrogen-bond acceptors (Lipinski definition) is 4. The number of piperazine rings is 1. The molecule has 30 heavy (non-hydrogen) atoms. The van der Waals surface area contributed by atoms with Crippen molar-refractivity contribution in [1.82, 2.24) is 9.80 Å². The number of carbonyl (C=O) groups excluding carboxylic acids is 2. The van der Waals surface area contributed by atoms with E-state index in [9.17, 15) is 14.0 Å². The summed E-state index contributed by atoms with van der Waals surface area (Å²) in [6, 6.07) is 8.95. The zero-order valence-electron chi connectivity index (χ0n) is 16.5. The summed E-state index contributed by atoms with van der Waals surface area (Å²) in [5, 5.41) is 3.83. The molecule has 1 saturated heterocycles. The first-order valence-corrected chi connectivity index (χ1v) is 10.2. The van der Waals surface area contributed by atoms with Crippen LogP contribution >= 0.6 is 23.2 Å². The Hall–Kier alpha value is -2.51. The molecule has 0 atom stereocenters. The van der Waals surface area contributed by atoms with E-state index in [2.05, 4.69) is 5.32 Å². The number of carbonyl (C=O) groups is 2. The summed E-state index contributed by atoms with van der Waals surface area (Å²) < 4.78 is 18.5. The highest BCUT2D eigenvalue weighted by molar-refractivity contribution is 6.33. The van der Waals surface area contributed by atoms with E-state index >= 15 is 0 Å². The minimum absolute atomic E-state index is 0.00425. The van der Waals surface area contributed by atoms with Gasteiger partial charge in [0.25, 0.3) is 5.91 Å². The predicted molar refractivity (Wildman–Crippen MR) is 115 cm³/mol. The topological polar surface area (TPSA) is 61.9 Å². The molecule has 1 aliphatic rings. The number of halogens is 3. The Morgan fingerprint density at radius 3 is 2.43 bits per heavy atom. The molecule has 0 aromatic heterocycles. The van der Waals surface area contributed by atoms with Crippen LogP contribution in [0.25, 0.3) is 0 Å². The van der Waals surface area contributed by atoms with Crippen molar-refractivity contribution in [3.8, 4) is 5.75 Å². The van der Waals surface area contributed by atoms with Gasteiger partial charge in [-0.2, -0.15) is 0 Å². The molecule has 0 radical (unpaired) electrons. The van der Waals surface area contributed by atoms with E-state index in [-0.39, 0.29) is 22.4 Å². The van der Waals surface area contributed by atoms with Crippen LogP contribution in [-0.4, -0.2) is 61.4 Å². The van der Waals surface area contributed by atoms with E-state index in [1.54, 1.807) is 35.1 Å². The summed E-state index contributed by atoms with van der Waals surface area (Å²) in [4.78, 5) is 28.5. The quantitative estimate of drug-likeness (QED) is 0.719. The molecule has 2 aromatic carbocycles. The fourth-order valence-electron chi connectivity index (χ4n) is 3.27. The number of nitrogens with one attached hydrogen (secondary N) is 1. The third-order valence-corrected chi connectivity index (χ3v) is 5.44. The van der Waals surface area contributed by atoms with Crippen LogP contribution in [0.5, 0.6) is 5.75 Å². The number of methoxy groups -OCH3 is 1. The molecule has 3 rings (SSSR count). The lowest BCUT2D eigenvalue weighted by molar-refractivity contribution is -0.132. The summed E-state index contributed by atoms with van der Waals surface area (Å²) in [6.45, 7) is 2.09. The van der Waals surface area contributed by atoms with Crippen molar-refractivity contribution in [3.05, 3.63) is 57.8 Å². The molecule has 0 unspecified atom stereocenters. The molecule has 1 heterocycles. The number of anilines is 1. The highest BCUT2D eigenvalue weighted by atomic mass is 35.5. The molecule has 1 aliphatic heterocycles. The number of ether oxygens (including phenoxy) is 1. The highest BCUT2D eigenvalue weighted by Crippen LogP contribution is 2.27. The van der Waals surface area contributed by atoms with Crippen LogP contribution in [0.4, 0.5) is 10.1 Å². The van der Waals surface area contributed by atoms with Gasteiger partial charge in [0.15, 0.2) is 0 Å². The largest absolute Gasteiger partial charge is 0.495 e. The van der Waals surface area contributed by atoms with Crippen LogP contribution in [0, 0.1) is 5.82 Å². The molecule has 0 aliphatic carbocycles. The minimum atomic E-state index is -0.490. The second-order valence-electron chi connectivity index (χ2n) is 6.82. The van der Waals surface area contributed by atoms with Gasteiger partial charge in [0.2, 0.25) is 5.91 Å². The fraction of sp³-hybridized carbons (Fsp3) is 0.333. The molecule has 9 heteroatoms. The van der Waals surface area contributed by atoms with E-state index in [1.807, 2.05) is 0 Å². The van der Waals surface area contributed by atoms with Crippen LogP contribution < -0.4 is 10.1 Å². The van der Waals surface area contributed by atoms with Gasteiger partial charge in [-0.05, 0) is 36.4 Å². The average Bonchev–Trinajstić information content (AvgIpc) is 2.73. The zero-order chi connectivity index (χ0) is 21.7. The first kappa shape index (κ1) is 22.2. The maximum Gasteiger partial charge on any atom is 0.255 e. The monoisotopic (exact) mass is 453 g/mol. The van der Waals surface area contributed by atoms with E-state index in [0.29, 0.717) is 49.9 Å². The molecule has 0 bridgehead atoms. The van der Waals surface area contributed by atoms with Crippen LogP contribution in [0.2, 0.25) is 10.0 Å². The molecule has 0 saturated carbocycles.